The summed E-state index contributed by atoms with van der Waals surface area (Å²) in [7, 11) is 0. The van der Waals surface area contributed by atoms with Gasteiger partial charge in [0.25, 0.3) is 0 Å². The summed E-state index contributed by atoms with van der Waals surface area (Å²) in [5, 5.41) is 10.5. The summed E-state index contributed by atoms with van der Waals surface area (Å²) in [5.41, 5.74) is 15.1. The average Bonchev–Trinajstić information content (AvgIpc) is 3.80. The van der Waals surface area contributed by atoms with Crippen LogP contribution in [0.3, 0.4) is 0 Å². The molecule has 0 saturated carbocycles. The summed E-state index contributed by atoms with van der Waals surface area (Å²) in [6, 6.07) is 63.3. The first-order chi connectivity index (χ1) is 26.1. The molecular formula is C51H34N2. The molecule has 1 aliphatic rings. The van der Waals surface area contributed by atoms with Gasteiger partial charge in [-0.1, -0.05) is 129 Å². The summed E-state index contributed by atoms with van der Waals surface area (Å²) in [5.74, 6) is 0. The zero-order valence-electron chi connectivity index (χ0n) is 29.6. The molecule has 0 saturated heterocycles. The van der Waals surface area contributed by atoms with Crippen molar-refractivity contribution >= 4 is 65.2 Å². The van der Waals surface area contributed by atoms with Gasteiger partial charge in [0.05, 0.1) is 22.1 Å². The van der Waals surface area contributed by atoms with Crippen molar-refractivity contribution in [1.29, 1.82) is 0 Å². The van der Waals surface area contributed by atoms with Crippen LogP contribution in [0.1, 0.15) is 25.0 Å². The van der Waals surface area contributed by atoms with Gasteiger partial charge in [0.2, 0.25) is 0 Å². The van der Waals surface area contributed by atoms with Crippen molar-refractivity contribution in [3.05, 3.63) is 181 Å². The molecule has 0 N–H and O–H groups in total. The van der Waals surface area contributed by atoms with Gasteiger partial charge in [0.1, 0.15) is 0 Å². The smallest absolute Gasteiger partial charge is 0.0547 e. The van der Waals surface area contributed by atoms with Crippen LogP contribution in [0, 0.1) is 0 Å². The van der Waals surface area contributed by atoms with Crippen LogP contribution in [0.4, 0.5) is 0 Å². The molecule has 11 aromatic rings. The highest BCUT2D eigenvalue weighted by Crippen LogP contribution is 2.51. The molecule has 2 nitrogen and oxygen atoms in total. The number of hydrogen-bond donors (Lipinski definition) is 0. The molecule has 0 radical (unpaired) electrons. The van der Waals surface area contributed by atoms with Gasteiger partial charge in [-0.05, 0) is 110 Å². The summed E-state index contributed by atoms with van der Waals surface area (Å²) < 4.78 is 4.97. The Hall–Kier alpha value is -6.64. The molecule has 0 aliphatic heterocycles. The van der Waals surface area contributed by atoms with Gasteiger partial charge < -0.3 is 9.13 Å². The molecule has 248 valence electrons. The maximum atomic E-state index is 2.49. The Kier molecular flexibility index (Phi) is 5.60. The highest BCUT2D eigenvalue weighted by molar-refractivity contribution is 6.34. The van der Waals surface area contributed by atoms with E-state index in [1.54, 1.807) is 0 Å². The number of rotatable bonds is 3. The number of benzene rings is 9. The minimum Gasteiger partial charge on any atom is -0.309 e. The molecule has 2 aromatic heterocycles. The molecule has 1 aliphatic carbocycles. The van der Waals surface area contributed by atoms with Crippen molar-refractivity contribution in [2.24, 2.45) is 0 Å². The third-order valence-electron chi connectivity index (χ3n) is 12.3. The number of nitrogens with zero attached hydrogens (tertiary/aromatic N) is 2. The molecule has 2 heterocycles. The highest BCUT2D eigenvalue weighted by atomic mass is 15.0. The predicted octanol–water partition coefficient (Wildman–Crippen LogP) is 13.6. The largest absolute Gasteiger partial charge is 0.309 e. The van der Waals surface area contributed by atoms with Crippen LogP contribution < -0.4 is 0 Å². The molecule has 2 heteroatoms. The van der Waals surface area contributed by atoms with E-state index in [0.717, 1.165) is 0 Å². The van der Waals surface area contributed by atoms with Crippen LogP contribution >= 0.6 is 0 Å². The molecule has 0 fully saturated rings. The first-order valence-electron chi connectivity index (χ1n) is 18.6. The summed E-state index contributed by atoms with van der Waals surface area (Å²) >= 11 is 0. The fourth-order valence-corrected chi connectivity index (χ4v) is 9.84. The normalized spacial score (nSPS) is 13.6. The molecule has 9 aromatic carbocycles. The van der Waals surface area contributed by atoms with Gasteiger partial charge in [0.15, 0.2) is 0 Å². The van der Waals surface area contributed by atoms with Crippen molar-refractivity contribution in [2.75, 3.05) is 0 Å². The van der Waals surface area contributed by atoms with Crippen LogP contribution in [-0.4, -0.2) is 9.13 Å². The first kappa shape index (κ1) is 29.0. The highest BCUT2D eigenvalue weighted by Gasteiger charge is 2.36. The molecular weight excluding hydrogens is 641 g/mol. The Balaban J connectivity index is 1.16. The quantitative estimate of drug-likeness (QED) is 0.165. The second-order valence-electron chi connectivity index (χ2n) is 15.3. The number of fused-ring (bicyclic) bond motifs is 9. The van der Waals surface area contributed by atoms with Crippen LogP contribution in [0.2, 0.25) is 0 Å². The van der Waals surface area contributed by atoms with Gasteiger partial charge in [-0.2, -0.15) is 0 Å². The van der Waals surface area contributed by atoms with Crippen molar-refractivity contribution in [2.45, 2.75) is 19.3 Å². The lowest BCUT2D eigenvalue weighted by atomic mass is 9.82. The lowest BCUT2D eigenvalue weighted by molar-refractivity contribution is 0.661. The third kappa shape index (κ3) is 3.77. The third-order valence-corrected chi connectivity index (χ3v) is 12.3. The van der Waals surface area contributed by atoms with E-state index < -0.39 is 0 Å². The fraction of sp³-hybridized carbons (Fsp3) is 0.0588. The van der Waals surface area contributed by atoms with E-state index in [0.29, 0.717) is 0 Å². The van der Waals surface area contributed by atoms with Gasteiger partial charge >= 0.3 is 0 Å². The van der Waals surface area contributed by atoms with E-state index in [1.807, 2.05) is 0 Å². The van der Waals surface area contributed by atoms with E-state index in [9.17, 15) is 0 Å². The van der Waals surface area contributed by atoms with Gasteiger partial charge in [0, 0.05) is 38.3 Å². The lowest BCUT2D eigenvalue weighted by Crippen LogP contribution is -2.14. The monoisotopic (exact) mass is 674 g/mol. The Morgan fingerprint density at radius 2 is 0.906 bits per heavy atom. The maximum Gasteiger partial charge on any atom is 0.0547 e. The van der Waals surface area contributed by atoms with Crippen LogP contribution in [0.15, 0.2) is 170 Å². The van der Waals surface area contributed by atoms with Crippen molar-refractivity contribution in [3.63, 3.8) is 0 Å². The fourth-order valence-electron chi connectivity index (χ4n) is 9.84. The molecule has 0 spiro atoms. The van der Waals surface area contributed by atoms with E-state index in [4.69, 9.17) is 0 Å². The maximum absolute atomic E-state index is 2.49. The van der Waals surface area contributed by atoms with Crippen molar-refractivity contribution < 1.29 is 0 Å². The van der Waals surface area contributed by atoms with E-state index in [-0.39, 0.29) is 5.41 Å². The molecule has 0 bridgehead atoms. The van der Waals surface area contributed by atoms with E-state index in [2.05, 4.69) is 193 Å². The minimum atomic E-state index is -0.0913. The van der Waals surface area contributed by atoms with Gasteiger partial charge in [-0.15, -0.1) is 0 Å². The Labute approximate surface area is 307 Å². The van der Waals surface area contributed by atoms with Crippen molar-refractivity contribution in [3.8, 4) is 33.6 Å². The second-order valence-corrected chi connectivity index (χ2v) is 15.3. The van der Waals surface area contributed by atoms with Crippen molar-refractivity contribution in [1.82, 2.24) is 9.13 Å². The van der Waals surface area contributed by atoms with Crippen LogP contribution in [0.25, 0.3) is 98.8 Å². The van der Waals surface area contributed by atoms with Crippen LogP contribution in [0.5, 0.6) is 0 Å². The standard InChI is InChI=1S/C51H34N2/c1-51(2)43-19-9-8-16-37(43)40-29-42-41-28-34(53-46-20-10-17-38-35-14-6-7-15-36(35)39-18-11-21-47(53)50(39)49(38)46)26-27-45(41)52(48(42)30-44(40)51)33-24-22-32(23-25-33)31-12-4-3-5-13-31/h3-30H,1-2H3. The molecule has 12 rings (SSSR count). The zero-order valence-corrected chi connectivity index (χ0v) is 29.6. The topological polar surface area (TPSA) is 9.86 Å². The molecule has 0 unspecified atom stereocenters. The second kappa shape index (κ2) is 10.2. The minimum absolute atomic E-state index is 0.0913. The van der Waals surface area contributed by atoms with E-state index >= 15 is 0 Å². The first-order valence-corrected chi connectivity index (χ1v) is 18.6. The summed E-state index contributed by atoms with van der Waals surface area (Å²) in [6.45, 7) is 4.75. The zero-order chi connectivity index (χ0) is 35.0. The molecule has 0 amide bonds. The number of aromatic nitrogens is 2. The Morgan fingerprint density at radius 3 is 1.62 bits per heavy atom. The molecule has 53 heavy (non-hydrogen) atoms. The molecule has 0 atom stereocenters. The lowest BCUT2D eigenvalue weighted by Gasteiger charge is -2.21. The predicted molar refractivity (Wildman–Crippen MR) is 224 cm³/mol. The number of hydrogen-bond acceptors (Lipinski definition) is 0. The average molecular weight is 675 g/mol. The Bertz CT molecular complexity index is 3200. The van der Waals surface area contributed by atoms with Gasteiger partial charge in [-0.3, -0.25) is 0 Å². The summed E-state index contributed by atoms with van der Waals surface area (Å²) in [4.78, 5) is 0. The van der Waals surface area contributed by atoms with E-state index in [1.165, 1.54) is 110 Å². The summed E-state index contributed by atoms with van der Waals surface area (Å²) in [6.07, 6.45) is 0. The SMILES string of the molecule is CC1(C)c2ccccc2-c2cc3c4cc(-n5c6cccc7c8ccccc8c8cccc5c8c76)ccc4n(-c4ccc(-c5ccccc5)cc4)c3cc21. The van der Waals surface area contributed by atoms with Crippen LogP contribution in [-0.2, 0) is 5.41 Å². The van der Waals surface area contributed by atoms with Gasteiger partial charge in [-0.25, -0.2) is 0 Å². The Morgan fingerprint density at radius 1 is 0.340 bits per heavy atom.